The molecule has 0 rings (SSSR count). The lowest BCUT2D eigenvalue weighted by atomic mass is 9.95. The molecule has 0 aromatic rings. The van der Waals surface area contributed by atoms with Crippen LogP contribution in [-0.2, 0) is 19.0 Å². The minimum Gasteiger partial charge on any atom is -0.465 e. The van der Waals surface area contributed by atoms with Crippen molar-refractivity contribution < 1.29 is 19.0 Å². The zero-order valence-electron chi connectivity index (χ0n) is 20.6. The molecule has 0 bridgehead atoms. The lowest BCUT2D eigenvalue weighted by Crippen LogP contribution is -2.15. The van der Waals surface area contributed by atoms with Crippen molar-refractivity contribution >= 4 is 5.97 Å². The first kappa shape index (κ1) is 29.4. The van der Waals surface area contributed by atoms with E-state index >= 15 is 0 Å². The van der Waals surface area contributed by atoms with Gasteiger partial charge in [0.2, 0.25) is 0 Å². The number of rotatable bonds is 24. The van der Waals surface area contributed by atoms with E-state index in [4.69, 9.17) is 14.2 Å². The fourth-order valence-corrected chi connectivity index (χ4v) is 3.55. The van der Waals surface area contributed by atoms with E-state index in [1.165, 1.54) is 77.0 Å². The van der Waals surface area contributed by atoms with Gasteiger partial charge >= 0.3 is 5.97 Å². The van der Waals surface area contributed by atoms with Crippen LogP contribution in [0, 0.1) is 5.92 Å². The molecule has 0 saturated heterocycles. The Bertz CT molecular complexity index is 346. The third-order valence-corrected chi connectivity index (χ3v) is 5.60. The van der Waals surface area contributed by atoms with Crippen LogP contribution >= 0.6 is 0 Å². The van der Waals surface area contributed by atoms with Crippen LogP contribution in [-0.4, -0.2) is 39.0 Å². The van der Waals surface area contributed by atoms with Crippen molar-refractivity contribution in [2.45, 2.75) is 124 Å². The fraction of sp³-hybridized carbons (Fsp3) is 0.962. The predicted molar refractivity (Wildman–Crippen MR) is 127 cm³/mol. The van der Waals surface area contributed by atoms with Crippen molar-refractivity contribution in [1.29, 1.82) is 0 Å². The van der Waals surface area contributed by atoms with Crippen LogP contribution in [0.4, 0.5) is 0 Å². The average molecular weight is 429 g/mol. The van der Waals surface area contributed by atoms with E-state index in [0.29, 0.717) is 38.8 Å². The Hall–Kier alpha value is -0.610. The van der Waals surface area contributed by atoms with Crippen LogP contribution in [0.15, 0.2) is 0 Å². The maximum Gasteiger partial charge on any atom is 0.305 e. The first-order chi connectivity index (χ1) is 14.7. The van der Waals surface area contributed by atoms with Gasteiger partial charge in [-0.25, -0.2) is 0 Å². The summed E-state index contributed by atoms with van der Waals surface area (Å²) in [6.07, 6.45) is 18.9. The molecule has 180 valence electrons. The number of carbonyl (C=O) groups is 1. The Kier molecular flexibility index (Phi) is 24.2. The molecular weight excluding hydrogens is 376 g/mol. The molecule has 0 N–H and O–H groups in total. The van der Waals surface area contributed by atoms with Gasteiger partial charge in [0.25, 0.3) is 0 Å². The van der Waals surface area contributed by atoms with Gasteiger partial charge in [-0.05, 0) is 31.6 Å². The van der Waals surface area contributed by atoms with Gasteiger partial charge in [-0.2, -0.15) is 0 Å². The lowest BCUT2D eigenvalue weighted by Gasteiger charge is -2.17. The molecule has 0 spiro atoms. The number of esters is 1. The summed E-state index contributed by atoms with van der Waals surface area (Å²) >= 11 is 0. The molecule has 0 aliphatic rings. The third kappa shape index (κ3) is 22.1. The van der Waals surface area contributed by atoms with Crippen molar-refractivity contribution in [3.05, 3.63) is 0 Å². The van der Waals surface area contributed by atoms with Crippen molar-refractivity contribution in [2.75, 3.05) is 33.0 Å². The summed E-state index contributed by atoms with van der Waals surface area (Å²) in [6, 6.07) is 0. The van der Waals surface area contributed by atoms with Gasteiger partial charge in [0.1, 0.15) is 0 Å². The summed E-state index contributed by atoms with van der Waals surface area (Å²) in [6.45, 7) is 9.93. The van der Waals surface area contributed by atoms with Gasteiger partial charge in [-0.15, -0.1) is 0 Å². The predicted octanol–water partition coefficient (Wildman–Crippen LogP) is 7.48. The van der Waals surface area contributed by atoms with Crippen molar-refractivity contribution in [3.63, 3.8) is 0 Å². The molecule has 4 heteroatoms. The van der Waals surface area contributed by atoms with Gasteiger partial charge in [-0.3, -0.25) is 4.79 Å². The molecule has 0 amide bonds. The highest BCUT2D eigenvalue weighted by Crippen LogP contribution is 2.19. The van der Waals surface area contributed by atoms with Crippen LogP contribution in [0.5, 0.6) is 0 Å². The topological polar surface area (TPSA) is 44.8 Å². The zero-order valence-corrected chi connectivity index (χ0v) is 20.6. The SMILES string of the molecule is CCCCCCCCC(CCCCCC)COC(=O)CCCOCCOCCCC. The van der Waals surface area contributed by atoms with Gasteiger partial charge in [0.05, 0.1) is 19.8 Å². The molecule has 0 radical (unpaired) electrons. The molecule has 0 aliphatic carbocycles. The second kappa shape index (κ2) is 24.7. The number of unbranched alkanes of at least 4 members (excludes halogenated alkanes) is 9. The van der Waals surface area contributed by atoms with Crippen LogP contribution < -0.4 is 0 Å². The Balaban J connectivity index is 3.82. The van der Waals surface area contributed by atoms with Gasteiger partial charge in [-0.1, -0.05) is 91.4 Å². The minimum atomic E-state index is -0.0701. The summed E-state index contributed by atoms with van der Waals surface area (Å²) in [5.74, 6) is 0.466. The molecule has 0 heterocycles. The van der Waals surface area contributed by atoms with E-state index in [1.54, 1.807) is 0 Å². The highest BCUT2D eigenvalue weighted by molar-refractivity contribution is 5.69. The van der Waals surface area contributed by atoms with Crippen LogP contribution in [0.1, 0.15) is 124 Å². The van der Waals surface area contributed by atoms with Gasteiger partial charge < -0.3 is 14.2 Å². The van der Waals surface area contributed by atoms with E-state index in [2.05, 4.69) is 20.8 Å². The average Bonchev–Trinajstić information content (AvgIpc) is 2.75. The second-order valence-electron chi connectivity index (χ2n) is 8.64. The van der Waals surface area contributed by atoms with E-state index in [-0.39, 0.29) is 5.97 Å². The Morgan fingerprint density at radius 1 is 0.600 bits per heavy atom. The highest BCUT2D eigenvalue weighted by atomic mass is 16.5. The van der Waals surface area contributed by atoms with E-state index in [0.717, 1.165) is 25.9 Å². The monoisotopic (exact) mass is 428 g/mol. The van der Waals surface area contributed by atoms with Gasteiger partial charge in [0.15, 0.2) is 0 Å². The molecule has 1 unspecified atom stereocenters. The minimum absolute atomic E-state index is 0.0701. The standard InChI is InChI=1S/C26H52O4/c1-4-7-10-12-13-15-18-25(17-14-11-8-5-2)24-30-26(27)19-16-21-29-23-22-28-20-9-6-3/h25H,4-24H2,1-3H3. The summed E-state index contributed by atoms with van der Waals surface area (Å²) in [5, 5.41) is 0. The summed E-state index contributed by atoms with van der Waals surface area (Å²) < 4.78 is 16.6. The fourth-order valence-electron chi connectivity index (χ4n) is 3.55. The number of hydrogen-bond donors (Lipinski definition) is 0. The van der Waals surface area contributed by atoms with Crippen LogP contribution in [0.25, 0.3) is 0 Å². The van der Waals surface area contributed by atoms with E-state index < -0.39 is 0 Å². The van der Waals surface area contributed by atoms with Crippen LogP contribution in [0.2, 0.25) is 0 Å². The Labute approximate surface area is 187 Å². The first-order valence-corrected chi connectivity index (χ1v) is 13.1. The second-order valence-corrected chi connectivity index (χ2v) is 8.64. The smallest absolute Gasteiger partial charge is 0.305 e. The summed E-state index contributed by atoms with van der Waals surface area (Å²) in [5.41, 5.74) is 0. The maximum absolute atomic E-state index is 12.1. The molecule has 0 fully saturated rings. The molecule has 0 aromatic carbocycles. The van der Waals surface area contributed by atoms with Crippen molar-refractivity contribution in [2.24, 2.45) is 5.92 Å². The Morgan fingerprint density at radius 2 is 1.10 bits per heavy atom. The molecule has 1 atom stereocenters. The largest absolute Gasteiger partial charge is 0.465 e. The van der Waals surface area contributed by atoms with Crippen LogP contribution in [0.3, 0.4) is 0 Å². The maximum atomic E-state index is 12.1. The summed E-state index contributed by atoms with van der Waals surface area (Å²) in [7, 11) is 0. The van der Waals surface area contributed by atoms with E-state index in [9.17, 15) is 4.79 Å². The first-order valence-electron chi connectivity index (χ1n) is 13.1. The molecule has 0 aliphatic heterocycles. The third-order valence-electron chi connectivity index (χ3n) is 5.60. The van der Waals surface area contributed by atoms with Crippen molar-refractivity contribution in [3.8, 4) is 0 Å². The zero-order chi connectivity index (χ0) is 22.1. The van der Waals surface area contributed by atoms with Crippen molar-refractivity contribution in [1.82, 2.24) is 0 Å². The quantitative estimate of drug-likeness (QED) is 0.118. The number of hydrogen-bond acceptors (Lipinski definition) is 4. The van der Waals surface area contributed by atoms with Gasteiger partial charge in [0, 0.05) is 19.6 Å². The highest BCUT2D eigenvalue weighted by Gasteiger charge is 2.12. The normalized spacial score (nSPS) is 12.2. The lowest BCUT2D eigenvalue weighted by molar-refractivity contribution is -0.145. The molecule has 0 saturated carbocycles. The van der Waals surface area contributed by atoms with E-state index in [1.807, 2.05) is 0 Å². The Morgan fingerprint density at radius 3 is 1.70 bits per heavy atom. The molecule has 4 nitrogen and oxygen atoms in total. The molecular formula is C26H52O4. The molecule has 30 heavy (non-hydrogen) atoms. The number of carbonyl (C=O) groups excluding carboxylic acids is 1. The number of ether oxygens (including phenoxy) is 3. The summed E-state index contributed by atoms with van der Waals surface area (Å²) in [4.78, 5) is 12.1. The molecule has 0 aromatic heterocycles.